The molecular weight excluding hydrogens is 312 g/mol. The highest BCUT2D eigenvalue weighted by atomic mass is 16.2. The van der Waals surface area contributed by atoms with Crippen molar-refractivity contribution in [1.82, 2.24) is 14.5 Å². The van der Waals surface area contributed by atoms with Crippen LogP contribution in [0.3, 0.4) is 0 Å². The van der Waals surface area contributed by atoms with Gasteiger partial charge in [0.15, 0.2) is 0 Å². The van der Waals surface area contributed by atoms with Crippen LogP contribution in [0.15, 0.2) is 54.9 Å². The second-order valence-electron chi connectivity index (χ2n) is 6.00. The fourth-order valence-corrected chi connectivity index (χ4v) is 2.85. The van der Waals surface area contributed by atoms with Crippen LogP contribution in [0, 0.1) is 0 Å². The maximum atomic E-state index is 12.4. The molecule has 0 aliphatic heterocycles. The first-order valence-corrected chi connectivity index (χ1v) is 8.30. The van der Waals surface area contributed by atoms with Crippen LogP contribution >= 0.6 is 0 Å². The molecule has 2 N–H and O–H groups in total. The first-order chi connectivity index (χ1) is 12.1. The Balaban J connectivity index is 1.74. The topological polar surface area (TPSA) is 64.2 Å². The molecule has 0 unspecified atom stereocenters. The Morgan fingerprint density at radius 1 is 1.28 bits per heavy atom. The number of nitrogens with zero attached hydrogens (tertiary/aromatic N) is 3. The third kappa shape index (κ3) is 3.71. The molecule has 3 rings (SSSR count). The van der Waals surface area contributed by atoms with E-state index >= 15 is 0 Å². The maximum Gasteiger partial charge on any atom is 0.246 e. The Labute approximate surface area is 147 Å². The number of aromatic nitrogens is 2. The van der Waals surface area contributed by atoms with E-state index in [9.17, 15) is 4.79 Å². The molecule has 0 atom stereocenters. The van der Waals surface area contributed by atoms with Gasteiger partial charge >= 0.3 is 0 Å². The molecule has 1 aromatic carbocycles. The number of fused-ring (bicyclic) bond motifs is 1. The van der Waals surface area contributed by atoms with E-state index in [4.69, 9.17) is 5.73 Å². The van der Waals surface area contributed by atoms with E-state index in [0.29, 0.717) is 12.4 Å². The number of aryl methyl sites for hydroxylation is 1. The van der Waals surface area contributed by atoms with Crippen LogP contribution in [-0.4, -0.2) is 27.4 Å². The lowest BCUT2D eigenvalue weighted by molar-refractivity contribution is -0.125. The number of carbonyl (C=O) groups is 1. The molecule has 0 spiro atoms. The van der Waals surface area contributed by atoms with Crippen molar-refractivity contribution in [2.75, 3.05) is 12.8 Å². The highest BCUT2D eigenvalue weighted by molar-refractivity contribution is 5.92. The van der Waals surface area contributed by atoms with Crippen LogP contribution in [0.2, 0.25) is 0 Å². The number of hydrogen-bond donors (Lipinski definition) is 1. The molecule has 5 heteroatoms. The number of amides is 1. The van der Waals surface area contributed by atoms with Gasteiger partial charge in [-0.25, -0.2) is 4.98 Å². The van der Waals surface area contributed by atoms with Gasteiger partial charge < -0.3 is 15.2 Å². The SMILES string of the molecule is CCn1cc(CN(C)C(=O)C=Cc2ccc(N)nc2)c2ccccc21. The molecule has 0 radical (unpaired) electrons. The van der Waals surface area contributed by atoms with Crippen molar-refractivity contribution in [1.29, 1.82) is 0 Å². The van der Waals surface area contributed by atoms with Gasteiger partial charge in [-0.15, -0.1) is 0 Å². The third-order valence-electron chi connectivity index (χ3n) is 4.22. The smallest absolute Gasteiger partial charge is 0.246 e. The first kappa shape index (κ1) is 16.8. The van der Waals surface area contributed by atoms with Crippen molar-refractivity contribution in [3.63, 3.8) is 0 Å². The second kappa shape index (κ2) is 7.21. The predicted molar refractivity (Wildman–Crippen MR) is 102 cm³/mol. The quantitative estimate of drug-likeness (QED) is 0.728. The van der Waals surface area contributed by atoms with Gasteiger partial charge in [0.25, 0.3) is 0 Å². The van der Waals surface area contributed by atoms with Gasteiger partial charge in [0, 0.05) is 49.5 Å². The van der Waals surface area contributed by atoms with E-state index in [1.807, 2.05) is 25.2 Å². The minimum Gasteiger partial charge on any atom is -0.384 e. The molecular formula is C20H22N4O. The number of carbonyl (C=O) groups excluding carboxylic acids is 1. The van der Waals surface area contributed by atoms with Gasteiger partial charge in [0.05, 0.1) is 0 Å². The van der Waals surface area contributed by atoms with E-state index in [0.717, 1.165) is 17.7 Å². The summed E-state index contributed by atoms with van der Waals surface area (Å²) >= 11 is 0. The summed E-state index contributed by atoms with van der Waals surface area (Å²) in [6.45, 7) is 3.59. The zero-order valence-corrected chi connectivity index (χ0v) is 14.5. The van der Waals surface area contributed by atoms with E-state index in [-0.39, 0.29) is 5.91 Å². The number of para-hydroxylation sites is 1. The van der Waals surface area contributed by atoms with Crippen LogP contribution in [0.5, 0.6) is 0 Å². The van der Waals surface area contributed by atoms with Crippen LogP contribution in [0.4, 0.5) is 5.82 Å². The number of benzene rings is 1. The molecule has 0 fully saturated rings. The van der Waals surface area contributed by atoms with Gasteiger partial charge in [-0.05, 0) is 42.3 Å². The van der Waals surface area contributed by atoms with Gasteiger partial charge in [0.2, 0.25) is 5.91 Å². The van der Waals surface area contributed by atoms with Crippen LogP contribution in [0.1, 0.15) is 18.1 Å². The fraction of sp³-hybridized carbons (Fsp3) is 0.200. The molecule has 5 nitrogen and oxygen atoms in total. The highest BCUT2D eigenvalue weighted by Gasteiger charge is 2.11. The molecule has 2 heterocycles. The Bertz CT molecular complexity index is 909. The summed E-state index contributed by atoms with van der Waals surface area (Å²) in [6, 6.07) is 11.8. The molecule has 0 saturated carbocycles. The lowest BCUT2D eigenvalue weighted by atomic mass is 10.1. The molecule has 0 aliphatic carbocycles. The van der Waals surface area contributed by atoms with Crippen molar-refractivity contribution >= 4 is 28.7 Å². The van der Waals surface area contributed by atoms with Crippen molar-refractivity contribution in [3.8, 4) is 0 Å². The Morgan fingerprint density at radius 2 is 2.08 bits per heavy atom. The Morgan fingerprint density at radius 3 is 2.80 bits per heavy atom. The lowest BCUT2D eigenvalue weighted by Gasteiger charge is -2.14. The molecule has 3 aromatic rings. The van der Waals surface area contributed by atoms with Crippen LogP contribution in [-0.2, 0) is 17.9 Å². The number of anilines is 1. The molecule has 0 bridgehead atoms. The summed E-state index contributed by atoms with van der Waals surface area (Å²) in [7, 11) is 1.81. The van der Waals surface area contributed by atoms with E-state index in [2.05, 4.69) is 34.8 Å². The number of nitrogen functional groups attached to an aromatic ring is 1. The standard InChI is InChI=1S/C20H22N4O/c1-3-24-14-16(17-6-4-5-7-18(17)24)13-23(2)20(25)11-9-15-8-10-19(21)22-12-15/h4-12,14H,3,13H2,1-2H3,(H2,21,22). The van der Waals surface area contributed by atoms with Crippen LogP contribution < -0.4 is 5.73 Å². The monoisotopic (exact) mass is 334 g/mol. The van der Waals surface area contributed by atoms with Gasteiger partial charge in [-0.2, -0.15) is 0 Å². The third-order valence-corrected chi connectivity index (χ3v) is 4.22. The summed E-state index contributed by atoms with van der Waals surface area (Å²) in [5.74, 6) is 0.415. The van der Waals surface area contributed by atoms with Gasteiger partial charge in [-0.1, -0.05) is 18.2 Å². The van der Waals surface area contributed by atoms with Crippen LogP contribution in [0.25, 0.3) is 17.0 Å². The zero-order valence-electron chi connectivity index (χ0n) is 14.5. The number of hydrogen-bond acceptors (Lipinski definition) is 3. The normalized spacial score (nSPS) is 11.3. The number of pyridine rings is 1. The molecule has 0 saturated heterocycles. The van der Waals surface area contributed by atoms with E-state index < -0.39 is 0 Å². The molecule has 1 amide bonds. The number of rotatable bonds is 5. The molecule has 0 aliphatic rings. The van der Waals surface area contributed by atoms with Crippen molar-refractivity contribution in [3.05, 3.63) is 66.0 Å². The summed E-state index contributed by atoms with van der Waals surface area (Å²) in [4.78, 5) is 18.1. The average molecular weight is 334 g/mol. The molecule has 128 valence electrons. The first-order valence-electron chi connectivity index (χ1n) is 8.30. The summed E-state index contributed by atoms with van der Waals surface area (Å²) < 4.78 is 2.21. The fourth-order valence-electron chi connectivity index (χ4n) is 2.85. The zero-order chi connectivity index (χ0) is 17.8. The summed E-state index contributed by atoms with van der Waals surface area (Å²) in [5.41, 5.74) is 8.76. The number of nitrogens with two attached hydrogens (primary N) is 1. The maximum absolute atomic E-state index is 12.4. The van der Waals surface area contributed by atoms with Crippen molar-refractivity contribution < 1.29 is 4.79 Å². The largest absolute Gasteiger partial charge is 0.384 e. The Kier molecular flexibility index (Phi) is 4.84. The van der Waals surface area contributed by atoms with Gasteiger partial charge in [0.1, 0.15) is 5.82 Å². The molecule has 25 heavy (non-hydrogen) atoms. The summed E-state index contributed by atoms with van der Waals surface area (Å²) in [6.07, 6.45) is 7.09. The van der Waals surface area contributed by atoms with E-state index in [1.165, 1.54) is 10.9 Å². The van der Waals surface area contributed by atoms with Crippen molar-refractivity contribution in [2.24, 2.45) is 0 Å². The minimum absolute atomic E-state index is 0.0508. The minimum atomic E-state index is -0.0508. The van der Waals surface area contributed by atoms with Crippen molar-refractivity contribution in [2.45, 2.75) is 20.0 Å². The lowest BCUT2D eigenvalue weighted by Crippen LogP contribution is -2.24. The highest BCUT2D eigenvalue weighted by Crippen LogP contribution is 2.22. The second-order valence-corrected chi connectivity index (χ2v) is 6.00. The Hall–Kier alpha value is -3.08. The molecule has 2 aromatic heterocycles. The predicted octanol–water partition coefficient (Wildman–Crippen LogP) is 3.31. The van der Waals surface area contributed by atoms with E-state index in [1.54, 1.807) is 29.3 Å². The average Bonchev–Trinajstić information content (AvgIpc) is 2.99. The number of likely N-dealkylation sites (N-methyl/N-ethyl adjacent to an activating group) is 1. The van der Waals surface area contributed by atoms with Gasteiger partial charge in [-0.3, -0.25) is 4.79 Å². The summed E-state index contributed by atoms with van der Waals surface area (Å²) in [5, 5.41) is 1.19.